The number of fused-ring (bicyclic) bond motifs is 1. The van der Waals surface area contributed by atoms with Crippen LogP contribution in [0.1, 0.15) is 24.5 Å². The Morgan fingerprint density at radius 3 is 2.55 bits per heavy atom. The van der Waals surface area contributed by atoms with Crippen molar-refractivity contribution in [2.75, 3.05) is 0 Å². The molecule has 0 fully saturated rings. The summed E-state index contributed by atoms with van der Waals surface area (Å²) in [6, 6.07) is 10.9. The molecule has 0 saturated heterocycles. The van der Waals surface area contributed by atoms with Crippen LogP contribution in [-0.2, 0) is 6.61 Å². The molecule has 0 radical (unpaired) electrons. The lowest BCUT2D eigenvalue weighted by Crippen LogP contribution is -2.01. The summed E-state index contributed by atoms with van der Waals surface area (Å²) in [5.74, 6) is 0.189. The fourth-order valence-corrected chi connectivity index (χ4v) is 1.99. The molecule has 6 heteroatoms. The van der Waals surface area contributed by atoms with Crippen LogP contribution in [0.5, 0.6) is 0 Å². The molecule has 0 saturated carbocycles. The van der Waals surface area contributed by atoms with Gasteiger partial charge in [0.2, 0.25) is 0 Å². The number of aliphatic hydroxyl groups is 1. The Bertz CT molecular complexity index is 737. The second-order valence-electron chi connectivity index (χ2n) is 4.52. The summed E-state index contributed by atoms with van der Waals surface area (Å²) < 4.78 is 14.9. The van der Waals surface area contributed by atoms with E-state index in [0.717, 1.165) is 11.1 Å². The number of benzene rings is 1. The van der Waals surface area contributed by atoms with Gasteiger partial charge in [-0.3, -0.25) is 0 Å². The third-order valence-electron chi connectivity index (χ3n) is 3.07. The van der Waals surface area contributed by atoms with E-state index in [4.69, 9.17) is 5.11 Å². The number of hydrogen-bond donors (Lipinski definition) is 1. The average molecular weight is 272 g/mol. The smallest absolute Gasteiger partial charge is 0.188 e. The molecule has 0 spiro atoms. The highest BCUT2D eigenvalue weighted by Gasteiger charge is 2.14. The molecule has 0 bridgehead atoms. The minimum absolute atomic E-state index is 0.00168. The van der Waals surface area contributed by atoms with Crippen LogP contribution in [0.2, 0.25) is 0 Å². The lowest BCUT2D eigenvalue weighted by atomic mass is 10.1. The molecule has 0 amide bonds. The summed E-state index contributed by atoms with van der Waals surface area (Å²) in [6.07, 6.45) is -1.23. The van der Waals surface area contributed by atoms with Gasteiger partial charge >= 0.3 is 0 Å². The van der Waals surface area contributed by atoms with E-state index in [1.807, 2.05) is 30.3 Å². The maximum Gasteiger partial charge on any atom is 0.188 e. The first-order valence-electron chi connectivity index (χ1n) is 6.25. The predicted molar refractivity (Wildman–Crippen MR) is 71.7 cm³/mol. The van der Waals surface area contributed by atoms with E-state index in [1.54, 1.807) is 6.07 Å². The summed E-state index contributed by atoms with van der Waals surface area (Å²) in [7, 11) is 0. The maximum atomic E-state index is 13.4. The van der Waals surface area contributed by atoms with Crippen molar-refractivity contribution < 1.29 is 9.50 Å². The summed E-state index contributed by atoms with van der Waals surface area (Å²) in [4.78, 5) is 0. The highest BCUT2D eigenvalue weighted by Crippen LogP contribution is 2.20. The van der Waals surface area contributed by atoms with Crippen LogP contribution in [-0.4, -0.2) is 24.9 Å². The molecule has 102 valence electrons. The molecule has 20 heavy (non-hydrogen) atoms. The number of rotatable bonds is 3. The third kappa shape index (κ3) is 2.14. The van der Waals surface area contributed by atoms with E-state index >= 15 is 0 Å². The lowest BCUT2D eigenvalue weighted by molar-refractivity contribution is 0.282. The third-order valence-corrected chi connectivity index (χ3v) is 3.07. The minimum atomic E-state index is -1.23. The molecule has 0 aliphatic heterocycles. The fourth-order valence-electron chi connectivity index (χ4n) is 1.99. The molecule has 5 nitrogen and oxygen atoms in total. The number of aliphatic hydroxyl groups excluding tert-OH is 1. The average Bonchev–Trinajstić information content (AvgIpc) is 2.90. The SMILES string of the molecule is CC(F)c1nnc2ccc(-c3ccc(CO)cc3)nn12. The highest BCUT2D eigenvalue weighted by molar-refractivity contribution is 5.60. The number of halogens is 1. The Hall–Kier alpha value is -2.34. The largest absolute Gasteiger partial charge is 0.392 e. The van der Waals surface area contributed by atoms with Gasteiger partial charge in [-0.25, -0.2) is 4.39 Å². The van der Waals surface area contributed by atoms with Crippen molar-refractivity contribution in [2.24, 2.45) is 0 Å². The number of hydrogen-bond acceptors (Lipinski definition) is 4. The van der Waals surface area contributed by atoms with Crippen LogP contribution in [0.4, 0.5) is 4.39 Å². The molecule has 0 aliphatic carbocycles. The Balaban J connectivity index is 2.08. The summed E-state index contributed by atoms with van der Waals surface area (Å²) in [5.41, 5.74) is 2.93. The van der Waals surface area contributed by atoms with Gasteiger partial charge in [-0.2, -0.15) is 9.61 Å². The minimum Gasteiger partial charge on any atom is -0.392 e. The van der Waals surface area contributed by atoms with Gasteiger partial charge in [-0.1, -0.05) is 24.3 Å². The van der Waals surface area contributed by atoms with Crippen LogP contribution in [0, 0.1) is 0 Å². The number of alkyl halides is 1. The topological polar surface area (TPSA) is 63.3 Å². The van der Waals surface area contributed by atoms with E-state index in [2.05, 4.69) is 15.3 Å². The van der Waals surface area contributed by atoms with Gasteiger partial charge in [0.15, 0.2) is 17.6 Å². The fraction of sp³-hybridized carbons (Fsp3) is 0.214. The molecule has 1 unspecified atom stereocenters. The molecule has 1 aromatic carbocycles. The van der Waals surface area contributed by atoms with E-state index in [-0.39, 0.29) is 12.4 Å². The van der Waals surface area contributed by atoms with Crippen LogP contribution in [0.3, 0.4) is 0 Å². The molecule has 2 aromatic heterocycles. The second kappa shape index (κ2) is 4.97. The van der Waals surface area contributed by atoms with Crippen molar-refractivity contribution in [3.63, 3.8) is 0 Å². The van der Waals surface area contributed by atoms with Crippen molar-refractivity contribution in [3.8, 4) is 11.3 Å². The van der Waals surface area contributed by atoms with E-state index < -0.39 is 6.17 Å². The van der Waals surface area contributed by atoms with Crippen LogP contribution >= 0.6 is 0 Å². The maximum absolute atomic E-state index is 13.4. The standard InChI is InChI=1S/C14H13FN4O/c1-9(15)14-17-16-13-7-6-12(18-19(13)14)11-4-2-10(8-20)3-5-11/h2-7,9,20H,8H2,1H3. The Kier molecular flexibility index (Phi) is 3.15. The zero-order valence-corrected chi connectivity index (χ0v) is 10.9. The van der Waals surface area contributed by atoms with Gasteiger partial charge in [0, 0.05) is 5.56 Å². The summed E-state index contributed by atoms with van der Waals surface area (Å²) in [5, 5.41) is 21.1. The van der Waals surface area contributed by atoms with E-state index in [1.165, 1.54) is 11.4 Å². The summed E-state index contributed by atoms with van der Waals surface area (Å²) in [6.45, 7) is 1.41. The van der Waals surface area contributed by atoms with Crippen molar-refractivity contribution >= 4 is 5.65 Å². The second-order valence-corrected chi connectivity index (χ2v) is 4.52. The molecular formula is C14H13FN4O. The Morgan fingerprint density at radius 1 is 1.15 bits per heavy atom. The van der Waals surface area contributed by atoms with Gasteiger partial charge in [-0.05, 0) is 24.6 Å². The van der Waals surface area contributed by atoms with Crippen molar-refractivity contribution in [1.82, 2.24) is 19.8 Å². The van der Waals surface area contributed by atoms with Crippen LogP contribution in [0.25, 0.3) is 16.9 Å². The zero-order chi connectivity index (χ0) is 14.1. The van der Waals surface area contributed by atoms with Crippen LogP contribution < -0.4 is 0 Å². The number of aromatic nitrogens is 4. The highest BCUT2D eigenvalue weighted by atomic mass is 19.1. The first-order chi connectivity index (χ1) is 9.69. The molecule has 1 N–H and O–H groups in total. The van der Waals surface area contributed by atoms with E-state index in [9.17, 15) is 4.39 Å². The first-order valence-corrected chi connectivity index (χ1v) is 6.25. The van der Waals surface area contributed by atoms with Gasteiger partial charge in [0.25, 0.3) is 0 Å². The molecule has 3 rings (SSSR count). The molecule has 1 atom stereocenters. The normalized spacial score (nSPS) is 12.8. The van der Waals surface area contributed by atoms with Crippen molar-refractivity contribution in [1.29, 1.82) is 0 Å². The molecule has 3 aromatic rings. The Labute approximate surface area is 114 Å². The quantitative estimate of drug-likeness (QED) is 0.794. The van der Waals surface area contributed by atoms with E-state index in [0.29, 0.717) is 11.3 Å². The Morgan fingerprint density at radius 2 is 1.90 bits per heavy atom. The monoisotopic (exact) mass is 272 g/mol. The lowest BCUT2D eigenvalue weighted by Gasteiger charge is -2.04. The van der Waals surface area contributed by atoms with Gasteiger partial charge in [-0.15, -0.1) is 10.2 Å². The van der Waals surface area contributed by atoms with Crippen molar-refractivity contribution in [2.45, 2.75) is 19.7 Å². The molecule has 0 aliphatic rings. The van der Waals surface area contributed by atoms with Gasteiger partial charge in [0.1, 0.15) is 0 Å². The van der Waals surface area contributed by atoms with Crippen LogP contribution in [0.15, 0.2) is 36.4 Å². The van der Waals surface area contributed by atoms with Crippen molar-refractivity contribution in [3.05, 3.63) is 47.8 Å². The first kappa shape index (κ1) is 12.7. The van der Waals surface area contributed by atoms with Gasteiger partial charge in [0.05, 0.1) is 12.3 Å². The van der Waals surface area contributed by atoms with Gasteiger partial charge < -0.3 is 5.11 Å². The molecule has 2 heterocycles. The number of nitrogens with zero attached hydrogens (tertiary/aromatic N) is 4. The zero-order valence-electron chi connectivity index (χ0n) is 10.9. The summed E-state index contributed by atoms with van der Waals surface area (Å²) >= 11 is 0. The predicted octanol–water partition coefficient (Wildman–Crippen LogP) is 2.31. The molecular weight excluding hydrogens is 259 g/mol.